The molecule has 5 heteroatoms. The molecule has 1 aromatic carbocycles. The lowest BCUT2D eigenvalue weighted by molar-refractivity contribution is -0.130. The summed E-state index contributed by atoms with van der Waals surface area (Å²) < 4.78 is 6.84. The number of carbonyl (C=O) groups is 1. The third-order valence-electron chi connectivity index (χ3n) is 3.24. The van der Waals surface area contributed by atoms with Gasteiger partial charge in [-0.2, -0.15) is 0 Å². The van der Waals surface area contributed by atoms with E-state index in [0.29, 0.717) is 0 Å². The Morgan fingerprint density at radius 3 is 2.65 bits per heavy atom. The summed E-state index contributed by atoms with van der Waals surface area (Å²) in [5.74, 6) is 0.882. The normalized spacial score (nSPS) is 14.2. The monoisotopic (exact) mass is 338 g/mol. The van der Waals surface area contributed by atoms with Gasteiger partial charge in [0.25, 0.3) is 0 Å². The van der Waals surface area contributed by atoms with E-state index in [0.717, 1.165) is 21.2 Å². The minimum Gasteiger partial charge on any atom is -0.459 e. The van der Waals surface area contributed by atoms with Gasteiger partial charge < -0.3 is 9.32 Å². The average Bonchev–Trinajstić information content (AvgIpc) is 2.80. The van der Waals surface area contributed by atoms with Crippen LogP contribution in [-0.2, 0) is 4.79 Å². The Morgan fingerprint density at radius 2 is 2.00 bits per heavy atom. The molecule has 1 N–H and O–H groups in total. The van der Waals surface area contributed by atoms with Crippen molar-refractivity contribution in [1.82, 2.24) is 10.2 Å². The van der Waals surface area contributed by atoms with E-state index >= 15 is 0 Å². The zero-order chi connectivity index (χ0) is 14.9. The van der Waals surface area contributed by atoms with Crippen LogP contribution in [0.1, 0.15) is 25.6 Å². The largest absolute Gasteiger partial charge is 0.459 e. The lowest BCUT2D eigenvalue weighted by atomic mass is 10.2. The van der Waals surface area contributed by atoms with Crippen molar-refractivity contribution in [1.29, 1.82) is 0 Å². The summed E-state index contributed by atoms with van der Waals surface area (Å²) in [7, 11) is 3.51. The highest BCUT2D eigenvalue weighted by atomic mass is 79.9. The fraction of sp³-hybridized carbons (Fsp3) is 0.400. The zero-order valence-corrected chi connectivity index (χ0v) is 13.7. The lowest BCUT2D eigenvalue weighted by Crippen LogP contribution is -2.42. The van der Waals surface area contributed by atoms with Gasteiger partial charge in [-0.3, -0.25) is 10.1 Å². The molecule has 2 atom stereocenters. The molecule has 1 amide bonds. The summed E-state index contributed by atoms with van der Waals surface area (Å²) in [6, 6.07) is 7.63. The van der Waals surface area contributed by atoms with Crippen molar-refractivity contribution in [3.8, 4) is 0 Å². The number of hydrogen-bond donors (Lipinski definition) is 1. The van der Waals surface area contributed by atoms with Gasteiger partial charge in [-0.1, -0.05) is 15.9 Å². The number of furan rings is 1. The Hall–Kier alpha value is -1.33. The second-order valence-electron chi connectivity index (χ2n) is 5.17. The Morgan fingerprint density at radius 1 is 1.30 bits per heavy atom. The molecule has 0 fully saturated rings. The molecule has 0 aliphatic heterocycles. The van der Waals surface area contributed by atoms with Crippen LogP contribution in [0.25, 0.3) is 11.0 Å². The van der Waals surface area contributed by atoms with Crippen molar-refractivity contribution in [3.63, 3.8) is 0 Å². The van der Waals surface area contributed by atoms with E-state index in [1.54, 1.807) is 19.0 Å². The number of nitrogens with zero attached hydrogens (tertiary/aromatic N) is 1. The maximum atomic E-state index is 11.9. The highest BCUT2D eigenvalue weighted by Crippen LogP contribution is 2.26. The molecule has 0 saturated carbocycles. The maximum Gasteiger partial charge on any atom is 0.238 e. The molecule has 20 heavy (non-hydrogen) atoms. The number of rotatable bonds is 4. The summed E-state index contributed by atoms with van der Waals surface area (Å²) in [6.45, 7) is 3.85. The van der Waals surface area contributed by atoms with E-state index in [1.807, 2.05) is 38.1 Å². The molecule has 0 bridgehead atoms. The quantitative estimate of drug-likeness (QED) is 0.929. The van der Waals surface area contributed by atoms with Crippen LogP contribution in [0.2, 0.25) is 0 Å². The van der Waals surface area contributed by atoms with Crippen molar-refractivity contribution >= 4 is 32.8 Å². The third-order valence-corrected chi connectivity index (χ3v) is 3.73. The van der Waals surface area contributed by atoms with Crippen LogP contribution in [0.4, 0.5) is 0 Å². The number of amides is 1. The molecule has 0 aliphatic rings. The number of fused-ring (bicyclic) bond motifs is 1. The highest BCUT2D eigenvalue weighted by Gasteiger charge is 2.19. The van der Waals surface area contributed by atoms with Gasteiger partial charge >= 0.3 is 0 Å². The minimum absolute atomic E-state index is 0.0277. The fourth-order valence-corrected chi connectivity index (χ4v) is 2.54. The first kappa shape index (κ1) is 15.1. The molecule has 1 heterocycles. The number of nitrogens with one attached hydrogen (secondary N) is 1. The SMILES string of the molecule is CC(NC(C)c1cc2cc(Br)ccc2o1)C(=O)N(C)C. The molecule has 0 saturated heterocycles. The fourth-order valence-electron chi connectivity index (χ4n) is 2.16. The Labute approximate surface area is 127 Å². The Balaban J connectivity index is 2.15. The van der Waals surface area contributed by atoms with E-state index in [4.69, 9.17) is 4.42 Å². The van der Waals surface area contributed by atoms with Crippen LogP contribution >= 0.6 is 15.9 Å². The second-order valence-corrected chi connectivity index (χ2v) is 6.09. The molecule has 108 valence electrons. The van der Waals surface area contributed by atoms with Crippen LogP contribution in [0, 0.1) is 0 Å². The van der Waals surface area contributed by atoms with Crippen LogP contribution in [-0.4, -0.2) is 30.9 Å². The number of benzene rings is 1. The van der Waals surface area contributed by atoms with E-state index in [9.17, 15) is 4.79 Å². The van der Waals surface area contributed by atoms with E-state index < -0.39 is 0 Å². The van der Waals surface area contributed by atoms with Gasteiger partial charge in [-0.15, -0.1) is 0 Å². The zero-order valence-electron chi connectivity index (χ0n) is 12.1. The van der Waals surface area contributed by atoms with Crippen molar-refractivity contribution < 1.29 is 9.21 Å². The van der Waals surface area contributed by atoms with Crippen molar-refractivity contribution in [2.45, 2.75) is 25.9 Å². The smallest absolute Gasteiger partial charge is 0.238 e. The molecular weight excluding hydrogens is 320 g/mol. The lowest BCUT2D eigenvalue weighted by Gasteiger charge is -2.21. The number of carbonyl (C=O) groups excluding carboxylic acids is 1. The van der Waals surface area contributed by atoms with E-state index in [2.05, 4.69) is 21.2 Å². The molecule has 2 unspecified atom stereocenters. The van der Waals surface area contributed by atoms with Crippen molar-refractivity contribution in [2.24, 2.45) is 0 Å². The summed E-state index contributed by atoms with van der Waals surface area (Å²) >= 11 is 3.45. The molecule has 1 aromatic heterocycles. The van der Waals surface area contributed by atoms with Crippen LogP contribution in [0.3, 0.4) is 0 Å². The van der Waals surface area contributed by atoms with Gasteiger partial charge in [0.15, 0.2) is 0 Å². The molecular formula is C15H19BrN2O2. The van der Waals surface area contributed by atoms with Gasteiger partial charge in [0.05, 0.1) is 12.1 Å². The predicted octanol–water partition coefficient (Wildman–Crippen LogP) is 3.32. The first-order chi connectivity index (χ1) is 9.38. The Kier molecular flexibility index (Phi) is 4.50. The van der Waals surface area contributed by atoms with Crippen LogP contribution in [0.15, 0.2) is 33.2 Å². The van der Waals surface area contributed by atoms with E-state index in [1.165, 1.54) is 0 Å². The predicted molar refractivity (Wildman–Crippen MR) is 83.6 cm³/mol. The average molecular weight is 339 g/mol. The van der Waals surface area contributed by atoms with Gasteiger partial charge in [0, 0.05) is 24.0 Å². The number of halogens is 1. The molecule has 0 radical (unpaired) electrons. The Bertz CT molecular complexity index is 621. The summed E-state index contributed by atoms with van der Waals surface area (Å²) in [5, 5.41) is 4.31. The summed E-state index contributed by atoms with van der Waals surface area (Å²) in [6.07, 6.45) is 0. The molecule has 2 rings (SSSR count). The topological polar surface area (TPSA) is 45.5 Å². The van der Waals surface area contributed by atoms with Crippen LogP contribution < -0.4 is 5.32 Å². The van der Waals surface area contributed by atoms with Gasteiger partial charge in [-0.05, 0) is 38.1 Å². The standard InChI is InChI=1S/C15H19BrN2O2/c1-9(17-10(2)15(19)18(3)4)14-8-11-7-12(16)5-6-13(11)20-14/h5-10,17H,1-4H3. The molecule has 0 aliphatic carbocycles. The van der Waals surface area contributed by atoms with Crippen LogP contribution in [0.5, 0.6) is 0 Å². The van der Waals surface area contributed by atoms with E-state index in [-0.39, 0.29) is 18.0 Å². The summed E-state index contributed by atoms with van der Waals surface area (Å²) in [5.41, 5.74) is 0.850. The third kappa shape index (κ3) is 3.22. The molecule has 4 nitrogen and oxygen atoms in total. The molecule has 0 spiro atoms. The minimum atomic E-state index is -0.250. The first-order valence-electron chi connectivity index (χ1n) is 6.54. The van der Waals surface area contributed by atoms with Gasteiger partial charge in [0.1, 0.15) is 11.3 Å². The highest BCUT2D eigenvalue weighted by molar-refractivity contribution is 9.10. The number of likely N-dealkylation sites (N-methyl/N-ethyl adjacent to an activating group) is 1. The van der Waals surface area contributed by atoms with Crippen molar-refractivity contribution in [2.75, 3.05) is 14.1 Å². The first-order valence-corrected chi connectivity index (χ1v) is 7.34. The molecule has 2 aromatic rings. The number of hydrogen-bond acceptors (Lipinski definition) is 3. The van der Waals surface area contributed by atoms with Gasteiger partial charge in [-0.25, -0.2) is 0 Å². The maximum absolute atomic E-state index is 11.9. The van der Waals surface area contributed by atoms with Crippen molar-refractivity contribution in [3.05, 3.63) is 34.5 Å². The summed E-state index contributed by atoms with van der Waals surface area (Å²) in [4.78, 5) is 13.4. The van der Waals surface area contributed by atoms with Gasteiger partial charge in [0.2, 0.25) is 5.91 Å². The second kappa shape index (κ2) is 5.97.